The van der Waals surface area contributed by atoms with Crippen molar-refractivity contribution in [3.05, 3.63) is 50.9 Å². The van der Waals surface area contributed by atoms with Gasteiger partial charge in [0, 0.05) is 4.88 Å². The van der Waals surface area contributed by atoms with Gasteiger partial charge in [0.2, 0.25) is 5.91 Å². The number of H-pyrrole nitrogens is 1. The molecule has 4 rings (SSSR count). The van der Waals surface area contributed by atoms with Crippen LogP contribution in [-0.4, -0.2) is 21.6 Å². The standard InChI is InChI=1S/C19H18FN3O2S2/c1-10-6-7-11-14(8-10)27-18-16(11)17(25)22-19(23-18)26-9-15(24)21-13-5-3-2-4-12(13)20/h2-5,10H,6-9H2,1H3,(H,21,24)(H,22,23,25). The zero-order valence-corrected chi connectivity index (χ0v) is 16.3. The van der Waals surface area contributed by atoms with Crippen LogP contribution >= 0.6 is 23.1 Å². The molecule has 27 heavy (non-hydrogen) atoms. The van der Waals surface area contributed by atoms with Gasteiger partial charge in [-0.2, -0.15) is 0 Å². The Hall–Kier alpha value is -2.19. The molecule has 1 aliphatic rings. The topological polar surface area (TPSA) is 74.8 Å². The number of thioether (sulfide) groups is 1. The van der Waals surface area contributed by atoms with E-state index in [9.17, 15) is 14.0 Å². The molecule has 1 aromatic carbocycles. The summed E-state index contributed by atoms with van der Waals surface area (Å²) in [6.07, 6.45) is 2.99. The Morgan fingerprint density at radius 3 is 3.07 bits per heavy atom. The number of nitrogens with zero attached hydrogens (tertiary/aromatic N) is 1. The molecular formula is C19H18FN3O2S2. The molecule has 1 amide bonds. The number of hydrogen-bond acceptors (Lipinski definition) is 5. The van der Waals surface area contributed by atoms with Crippen LogP contribution in [0.4, 0.5) is 10.1 Å². The van der Waals surface area contributed by atoms with Crippen molar-refractivity contribution in [2.75, 3.05) is 11.1 Å². The minimum absolute atomic E-state index is 0.0326. The number of rotatable bonds is 4. The molecule has 1 aliphatic carbocycles. The number of nitrogens with one attached hydrogen (secondary N) is 2. The second-order valence-electron chi connectivity index (χ2n) is 6.72. The molecule has 0 aliphatic heterocycles. The van der Waals surface area contributed by atoms with Crippen molar-refractivity contribution in [2.24, 2.45) is 5.92 Å². The lowest BCUT2D eigenvalue weighted by molar-refractivity contribution is -0.113. The van der Waals surface area contributed by atoms with Crippen molar-refractivity contribution in [3.63, 3.8) is 0 Å². The third-order valence-corrected chi connectivity index (χ3v) is 6.65. The van der Waals surface area contributed by atoms with Crippen molar-refractivity contribution in [3.8, 4) is 0 Å². The molecule has 140 valence electrons. The SMILES string of the molecule is CC1CCc2c(sc3nc(SCC(=O)Nc4ccccc4F)[nH]c(=O)c23)C1. The average molecular weight is 404 g/mol. The smallest absolute Gasteiger partial charge is 0.260 e. The number of carbonyl (C=O) groups is 1. The summed E-state index contributed by atoms with van der Waals surface area (Å²) < 4.78 is 13.6. The number of aryl methyl sites for hydroxylation is 1. The zero-order chi connectivity index (χ0) is 19.0. The molecule has 1 unspecified atom stereocenters. The molecule has 0 radical (unpaired) electrons. The Kier molecular flexibility index (Phi) is 5.01. The summed E-state index contributed by atoms with van der Waals surface area (Å²) in [5, 5.41) is 3.63. The van der Waals surface area contributed by atoms with E-state index in [1.165, 1.54) is 17.0 Å². The molecule has 2 aromatic heterocycles. The van der Waals surface area contributed by atoms with E-state index in [0.717, 1.165) is 41.4 Å². The molecule has 0 spiro atoms. The first kappa shape index (κ1) is 18.2. The van der Waals surface area contributed by atoms with Gasteiger partial charge in [-0.05, 0) is 42.9 Å². The van der Waals surface area contributed by atoms with E-state index in [2.05, 4.69) is 22.2 Å². The normalized spacial score (nSPS) is 16.3. The predicted molar refractivity (Wildman–Crippen MR) is 107 cm³/mol. The van der Waals surface area contributed by atoms with E-state index in [4.69, 9.17) is 0 Å². The molecule has 8 heteroatoms. The van der Waals surface area contributed by atoms with Crippen molar-refractivity contribution in [2.45, 2.75) is 31.3 Å². The lowest BCUT2D eigenvalue weighted by Gasteiger charge is -2.17. The lowest BCUT2D eigenvalue weighted by atomic mass is 9.89. The van der Waals surface area contributed by atoms with Crippen molar-refractivity contribution in [1.29, 1.82) is 0 Å². The number of carbonyl (C=O) groups excluding carboxylic acids is 1. The van der Waals surface area contributed by atoms with Gasteiger partial charge in [-0.1, -0.05) is 30.8 Å². The van der Waals surface area contributed by atoms with Crippen LogP contribution in [0.2, 0.25) is 0 Å². The predicted octanol–water partition coefficient (Wildman–Crippen LogP) is 3.98. The van der Waals surface area contributed by atoms with Gasteiger partial charge in [0.05, 0.1) is 16.8 Å². The van der Waals surface area contributed by atoms with Crippen LogP contribution < -0.4 is 10.9 Å². The van der Waals surface area contributed by atoms with E-state index < -0.39 is 5.82 Å². The van der Waals surface area contributed by atoms with E-state index in [1.54, 1.807) is 23.5 Å². The number of anilines is 1. The first-order chi connectivity index (χ1) is 13.0. The summed E-state index contributed by atoms with van der Waals surface area (Å²) in [6.45, 7) is 2.22. The number of benzene rings is 1. The van der Waals surface area contributed by atoms with Crippen molar-refractivity contribution < 1.29 is 9.18 Å². The summed E-state index contributed by atoms with van der Waals surface area (Å²) in [7, 11) is 0. The third-order valence-electron chi connectivity index (χ3n) is 4.63. The van der Waals surface area contributed by atoms with Crippen LogP contribution in [0, 0.1) is 11.7 Å². The number of halogens is 1. The highest BCUT2D eigenvalue weighted by Crippen LogP contribution is 2.36. The van der Waals surface area contributed by atoms with Gasteiger partial charge in [-0.15, -0.1) is 11.3 Å². The van der Waals surface area contributed by atoms with Gasteiger partial charge in [-0.25, -0.2) is 9.37 Å². The number of hydrogen-bond donors (Lipinski definition) is 2. The summed E-state index contributed by atoms with van der Waals surface area (Å²) in [5.74, 6) is -0.180. The van der Waals surface area contributed by atoms with Crippen molar-refractivity contribution >= 4 is 44.9 Å². The second kappa shape index (κ2) is 7.44. The average Bonchev–Trinajstić information content (AvgIpc) is 2.99. The summed E-state index contributed by atoms with van der Waals surface area (Å²) in [5.41, 5.74) is 1.12. The zero-order valence-electron chi connectivity index (χ0n) is 14.7. The largest absolute Gasteiger partial charge is 0.323 e. The highest BCUT2D eigenvalue weighted by atomic mass is 32.2. The number of fused-ring (bicyclic) bond motifs is 3. The number of thiophene rings is 1. The molecule has 2 N–H and O–H groups in total. The Bertz CT molecular complexity index is 1080. The van der Waals surface area contributed by atoms with Gasteiger partial charge >= 0.3 is 0 Å². The first-order valence-corrected chi connectivity index (χ1v) is 10.5. The summed E-state index contributed by atoms with van der Waals surface area (Å²) in [4.78, 5) is 33.9. The molecule has 1 atom stereocenters. The molecule has 0 fully saturated rings. The Balaban J connectivity index is 1.50. The van der Waals surface area contributed by atoms with Gasteiger partial charge in [0.25, 0.3) is 5.56 Å². The lowest BCUT2D eigenvalue weighted by Crippen LogP contribution is -2.16. The minimum atomic E-state index is -0.484. The van der Waals surface area contributed by atoms with E-state index in [-0.39, 0.29) is 22.9 Å². The molecular weight excluding hydrogens is 385 g/mol. The van der Waals surface area contributed by atoms with Gasteiger partial charge < -0.3 is 10.3 Å². The van der Waals surface area contributed by atoms with Crippen LogP contribution in [0.25, 0.3) is 10.2 Å². The number of aromatic nitrogens is 2. The second-order valence-corrected chi connectivity index (χ2v) is 8.77. The quantitative estimate of drug-likeness (QED) is 0.510. The van der Waals surface area contributed by atoms with Crippen LogP contribution in [0.3, 0.4) is 0 Å². The fourth-order valence-electron chi connectivity index (χ4n) is 3.28. The fourth-order valence-corrected chi connectivity index (χ4v) is 5.38. The maximum absolute atomic E-state index is 13.6. The summed E-state index contributed by atoms with van der Waals surface area (Å²) >= 11 is 2.71. The molecule has 0 saturated heterocycles. The molecule has 2 heterocycles. The van der Waals surface area contributed by atoms with Crippen LogP contribution in [0.5, 0.6) is 0 Å². The van der Waals surface area contributed by atoms with Crippen LogP contribution in [0.15, 0.2) is 34.2 Å². The van der Waals surface area contributed by atoms with Crippen molar-refractivity contribution in [1.82, 2.24) is 9.97 Å². The number of amides is 1. The minimum Gasteiger partial charge on any atom is -0.323 e. The van der Waals surface area contributed by atoms with E-state index >= 15 is 0 Å². The highest BCUT2D eigenvalue weighted by molar-refractivity contribution is 7.99. The third kappa shape index (κ3) is 3.77. The Labute approximate surface area is 163 Å². The summed E-state index contributed by atoms with van der Waals surface area (Å²) in [6, 6.07) is 6.00. The maximum atomic E-state index is 13.6. The van der Waals surface area contributed by atoms with Gasteiger partial charge in [0.15, 0.2) is 5.16 Å². The Morgan fingerprint density at radius 1 is 1.44 bits per heavy atom. The highest BCUT2D eigenvalue weighted by Gasteiger charge is 2.23. The monoisotopic (exact) mass is 403 g/mol. The van der Waals surface area contributed by atoms with Gasteiger partial charge in [-0.3, -0.25) is 9.59 Å². The first-order valence-electron chi connectivity index (χ1n) is 8.73. The Morgan fingerprint density at radius 2 is 2.26 bits per heavy atom. The molecule has 3 aromatic rings. The van der Waals surface area contributed by atoms with E-state index in [1.807, 2.05) is 0 Å². The fraction of sp³-hybridized carbons (Fsp3) is 0.316. The number of para-hydroxylation sites is 1. The van der Waals surface area contributed by atoms with Gasteiger partial charge in [0.1, 0.15) is 10.6 Å². The van der Waals surface area contributed by atoms with Crippen LogP contribution in [0.1, 0.15) is 23.8 Å². The van der Waals surface area contributed by atoms with Crippen LogP contribution in [-0.2, 0) is 17.6 Å². The molecule has 0 bridgehead atoms. The maximum Gasteiger partial charge on any atom is 0.260 e. The molecule has 0 saturated carbocycles. The van der Waals surface area contributed by atoms with E-state index in [0.29, 0.717) is 16.5 Å². The number of aromatic amines is 1. The molecule has 5 nitrogen and oxygen atoms in total.